The molecule has 6 nitrogen and oxygen atoms in total. The van der Waals surface area contributed by atoms with Crippen LogP contribution in [-0.2, 0) is 9.84 Å². The van der Waals surface area contributed by atoms with Crippen molar-refractivity contribution in [2.45, 2.75) is 16.5 Å². The van der Waals surface area contributed by atoms with E-state index >= 15 is 0 Å². The van der Waals surface area contributed by atoms with Gasteiger partial charge in [-0.25, -0.2) is 8.42 Å². The van der Waals surface area contributed by atoms with Gasteiger partial charge >= 0.3 is 5.70 Å². The molecule has 116 valence electrons. The fourth-order valence-corrected chi connectivity index (χ4v) is 3.49. The van der Waals surface area contributed by atoms with Gasteiger partial charge in [0.25, 0.3) is 0 Å². The Labute approximate surface area is 138 Å². The van der Waals surface area contributed by atoms with E-state index in [1.165, 1.54) is 30.6 Å². The van der Waals surface area contributed by atoms with Crippen LogP contribution in [0.1, 0.15) is 15.8 Å². The zero-order chi connectivity index (χ0) is 17.0. The van der Waals surface area contributed by atoms with E-state index in [0.29, 0.717) is 0 Å². The second-order valence-corrected chi connectivity index (χ2v) is 7.39. The summed E-state index contributed by atoms with van der Waals surface area (Å²) in [5, 5.41) is 19.7. The first kappa shape index (κ1) is 16.8. The number of nitrogens with one attached hydrogen (secondary N) is 1. The molecule has 0 amide bonds. The number of aryl methyl sites for hydroxylation is 1. The molecule has 0 saturated heterocycles. The first-order valence-corrected chi connectivity index (χ1v) is 8.41. The molecule has 1 N–H and O–H groups in total. The molecular formula is C15H12ClN4O2S+. The lowest BCUT2D eigenvalue weighted by Crippen LogP contribution is -2.36. The summed E-state index contributed by atoms with van der Waals surface area (Å²) in [5.74, 6) is 1.93. The number of rotatable bonds is 4. The van der Waals surface area contributed by atoms with Gasteiger partial charge in [0, 0.05) is 11.6 Å². The highest BCUT2D eigenvalue weighted by Gasteiger charge is 2.28. The van der Waals surface area contributed by atoms with Gasteiger partial charge in [0.1, 0.15) is 6.20 Å². The number of hydrogen-bond donors (Lipinski definition) is 1. The number of aromatic nitrogens is 2. The summed E-state index contributed by atoms with van der Waals surface area (Å²) in [6.07, 6.45) is 2.60. The Kier molecular flexibility index (Phi) is 4.92. The van der Waals surface area contributed by atoms with Crippen molar-refractivity contribution in [1.29, 1.82) is 10.7 Å². The average molecular weight is 348 g/mol. The van der Waals surface area contributed by atoms with E-state index in [1.807, 2.05) is 12.8 Å². The second-order valence-electron chi connectivity index (χ2n) is 4.66. The Hall–Kier alpha value is -2.52. The van der Waals surface area contributed by atoms with Gasteiger partial charge in [-0.1, -0.05) is 29.3 Å². The van der Waals surface area contributed by atoms with E-state index in [0.717, 1.165) is 10.2 Å². The predicted octanol–water partition coefficient (Wildman–Crippen LogP) is 2.00. The topological polar surface area (TPSA) is 98.5 Å². The van der Waals surface area contributed by atoms with Crippen molar-refractivity contribution < 1.29 is 13.1 Å². The van der Waals surface area contributed by atoms with Gasteiger partial charge in [0.15, 0.2) is 20.6 Å². The molecule has 0 fully saturated rings. The number of alkyl halides is 1. The van der Waals surface area contributed by atoms with E-state index in [2.05, 4.69) is 5.10 Å². The van der Waals surface area contributed by atoms with E-state index in [1.54, 1.807) is 18.2 Å². The average Bonchev–Trinajstić information content (AvgIpc) is 2.56. The Morgan fingerprint density at radius 2 is 2.00 bits per heavy atom. The normalized spacial score (nSPS) is 12.0. The van der Waals surface area contributed by atoms with Crippen LogP contribution in [-0.4, -0.2) is 19.4 Å². The minimum absolute atomic E-state index is 0.121. The highest BCUT2D eigenvalue weighted by atomic mass is 35.5. The van der Waals surface area contributed by atoms with Crippen LogP contribution >= 0.6 is 11.6 Å². The van der Waals surface area contributed by atoms with Crippen LogP contribution in [0.2, 0.25) is 0 Å². The van der Waals surface area contributed by atoms with E-state index in [9.17, 15) is 8.42 Å². The zero-order valence-electron chi connectivity index (χ0n) is 12.1. The smallest absolute Gasteiger partial charge is 0.252 e. The van der Waals surface area contributed by atoms with Crippen LogP contribution in [0.5, 0.6) is 0 Å². The molecule has 0 radical (unpaired) electrons. The van der Waals surface area contributed by atoms with Crippen molar-refractivity contribution in [1.82, 2.24) is 5.10 Å². The summed E-state index contributed by atoms with van der Waals surface area (Å²) in [6, 6.07) is 9.58. The van der Waals surface area contributed by atoms with Crippen LogP contribution in [0.15, 0.2) is 47.6 Å². The highest BCUT2D eigenvalue weighted by Crippen LogP contribution is 2.31. The Morgan fingerprint density at radius 1 is 1.35 bits per heavy atom. The molecule has 0 bridgehead atoms. The Balaban J connectivity index is 2.36. The van der Waals surface area contributed by atoms with Crippen molar-refractivity contribution in [3.8, 4) is 6.07 Å². The third kappa shape index (κ3) is 3.46. The zero-order valence-corrected chi connectivity index (χ0v) is 13.6. The van der Waals surface area contributed by atoms with Crippen molar-refractivity contribution in [3.63, 3.8) is 0 Å². The monoisotopic (exact) mass is 347 g/mol. The molecule has 1 heterocycles. The molecule has 2 rings (SSSR count). The minimum Gasteiger partial charge on any atom is -0.252 e. The summed E-state index contributed by atoms with van der Waals surface area (Å²) in [6.45, 7) is 1.86. The van der Waals surface area contributed by atoms with Gasteiger partial charge < -0.3 is 0 Å². The van der Waals surface area contributed by atoms with E-state index in [-0.39, 0.29) is 16.2 Å². The van der Waals surface area contributed by atoms with Crippen LogP contribution < -0.4 is 4.68 Å². The van der Waals surface area contributed by atoms with Gasteiger partial charge in [-0.3, -0.25) is 5.41 Å². The van der Waals surface area contributed by atoms with Crippen molar-refractivity contribution in [3.05, 3.63) is 53.9 Å². The summed E-state index contributed by atoms with van der Waals surface area (Å²) < 4.78 is 24.8. The molecule has 1 aromatic heterocycles. The summed E-state index contributed by atoms with van der Waals surface area (Å²) in [7, 11) is -3.76. The van der Waals surface area contributed by atoms with Gasteiger partial charge in [0.05, 0.1) is 10.8 Å². The molecule has 0 saturated carbocycles. The lowest BCUT2D eigenvalue weighted by atomic mass is 10.2. The molecule has 8 heteroatoms. The Morgan fingerprint density at radius 3 is 2.48 bits per heavy atom. The molecule has 1 aromatic carbocycles. The number of allylic oxidation sites excluding steroid dienone is 1. The number of nitrogens with zero attached hydrogens (tertiary/aromatic N) is 3. The highest BCUT2D eigenvalue weighted by molar-refractivity contribution is 7.92. The maximum Gasteiger partial charge on any atom is 0.376 e. The quantitative estimate of drug-likeness (QED) is 0.396. The first-order chi connectivity index (χ1) is 10.9. The molecule has 2 aromatic rings. The summed E-state index contributed by atoms with van der Waals surface area (Å²) in [4.78, 5) is 0.122. The van der Waals surface area contributed by atoms with Crippen LogP contribution in [0.3, 0.4) is 0 Å². The number of halogens is 1. The third-order valence-corrected chi connectivity index (χ3v) is 5.78. The predicted molar refractivity (Wildman–Crippen MR) is 84.4 cm³/mol. The number of hydrogen-bond acceptors (Lipinski definition) is 5. The third-order valence-electron chi connectivity index (χ3n) is 3.08. The lowest BCUT2D eigenvalue weighted by molar-refractivity contribution is -0.641. The fraction of sp³-hybridized carbons (Fsp3) is 0.133. The standard InChI is InChI=1S/C15H12ClN4O2S/c1-11-2-4-14(5-3-11)23(21,22)15(16)12-6-7-20(19-10-12)13(8-17)9-18/h2-7,10,15,17H,1H3/q+1. The van der Waals surface area contributed by atoms with Gasteiger partial charge in [0.2, 0.25) is 6.20 Å². The molecule has 0 aliphatic heterocycles. The van der Waals surface area contributed by atoms with Crippen LogP contribution in [0, 0.1) is 23.7 Å². The molecule has 23 heavy (non-hydrogen) atoms. The van der Waals surface area contributed by atoms with Crippen molar-refractivity contribution >= 4 is 33.0 Å². The SMILES string of the molecule is Cc1ccc(S(=O)(=O)C(Cl)c2cc[n+](C(=C=N)C#N)nc2)cc1. The number of benzene rings is 1. The van der Waals surface area contributed by atoms with Gasteiger partial charge in [-0.2, -0.15) is 5.26 Å². The first-order valence-electron chi connectivity index (χ1n) is 6.43. The fourth-order valence-electron chi connectivity index (χ4n) is 1.80. The maximum atomic E-state index is 12.5. The molecule has 1 atom stereocenters. The van der Waals surface area contributed by atoms with E-state index < -0.39 is 14.5 Å². The van der Waals surface area contributed by atoms with Gasteiger partial charge in [-0.05, 0) is 28.8 Å². The summed E-state index contributed by atoms with van der Waals surface area (Å²) >= 11 is 6.11. The van der Waals surface area contributed by atoms with Crippen LogP contribution in [0.4, 0.5) is 0 Å². The molecule has 0 aliphatic carbocycles. The van der Waals surface area contributed by atoms with Crippen molar-refractivity contribution in [2.75, 3.05) is 0 Å². The molecular weight excluding hydrogens is 336 g/mol. The van der Waals surface area contributed by atoms with Gasteiger partial charge in [-0.15, -0.1) is 0 Å². The number of sulfone groups is 1. The van der Waals surface area contributed by atoms with E-state index in [4.69, 9.17) is 22.3 Å². The molecule has 0 spiro atoms. The van der Waals surface area contributed by atoms with Crippen molar-refractivity contribution in [2.24, 2.45) is 0 Å². The Bertz CT molecular complexity index is 909. The van der Waals surface area contributed by atoms with Crippen LogP contribution in [0.25, 0.3) is 5.70 Å². The lowest BCUT2D eigenvalue weighted by Gasteiger charge is -2.10. The summed E-state index contributed by atoms with van der Waals surface area (Å²) in [5.41, 5.74) is 1.09. The molecule has 0 aliphatic rings. The number of nitriles is 1. The maximum absolute atomic E-state index is 12.5. The minimum atomic E-state index is -3.76. The second kappa shape index (κ2) is 6.71. The largest absolute Gasteiger partial charge is 0.376 e. The molecule has 1 unspecified atom stereocenters.